The number of halogens is 4. The molecule has 10 heteroatoms. The molecule has 0 aliphatic rings. The van der Waals surface area contributed by atoms with E-state index in [1.807, 2.05) is 0 Å². The van der Waals surface area contributed by atoms with Gasteiger partial charge in [0.2, 0.25) is 5.91 Å². The summed E-state index contributed by atoms with van der Waals surface area (Å²) >= 11 is 7.16. The summed E-state index contributed by atoms with van der Waals surface area (Å²) < 4.78 is 42.9. The van der Waals surface area contributed by atoms with E-state index in [4.69, 9.17) is 16.3 Å². The Morgan fingerprint density at radius 1 is 1.17 bits per heavy atom. The van der Waals surface area contributed by atoms with Crippen molar-refractivity contribution in [1.29, 1.82) is 0 Å². The van der Waals surface area contributed by atoms with Crippen LogP contribution in [0.5, 0.6) is 0 Å². The first-order valence-electron chi connectivity index (χ1n) is 8.50. The Hall–Kier alpha value is -2.91. The maximum absolute atomic E-state index is 12.6. The number of hydrogen-bond acceptors (Lipinski definition) is 5. The first kappa shape index (κ1) is 21.8. The SMILES string of the molecule is CC(=O)N(c1cccc(Cl)c1)c1nc(COC(=O)c2ccc(C(F)(F)F)cc2)cs1. The van der Waals surface area contributed by atoms with Gasteiger partial charge >= 0.3 is 12.1 Å². The fourth-order valence-corrected chi connectivity index (χ4v) is 3.58. The fraction of sp³-hybridized carbons (Fsp3) is 0.150. The molecule has 30 heavy (non-hydrogen) atoms. The van der Waals surface area contributed by atoms with E-state index in [9.17, 15) is 22.8 Å². The smallest absolute Gasteiger partial charge is 0.416 e. The summed E-state index contributed by atoms with van der Waals surface area (Å²) in [4.78, 5) is 29.9. The second-order valence-corrected chi connectivity index (χ2v) is 7.38. The number of amides is 1. The first-order chi connectivity index (χ1) is 14.1. The lowest BCUT2D eigenvalue weighted by atomic mass is 10.1. The van der Waals surface area contributed by atoms with Crippen molar-refractivity contribution in [3.8, 4) is 0 Å². The maximum atomic E-state index is 12.6. The molecule has 0 N–H and O–H groups in total. The van der Waals surface area contributed by atoms with Gasteiger partial charge in [0, 0.05) is 17.3 Å². The van der Waals surface area contributed by atoms with Crippen LogP contribution in [0.3, 0.4) is 0 Å². The van der Waals surface area contributed by atoms with Crippen molar-refractivity contribution in [2.75, 3.05) is 4.90 Å². The molecule has 2 aromatic carbocycles. The third-order valence-electron chi connectivity index (χ3n) is 3.91. The largest absolute Gasteiger partial charge is 0.456 e. The zero-order chi connectivity index (χ0) is 21.9. The molecule has 0 aliphatic heterocycles. The van der Waals surface area contributed by atoms with Crippen LogP contribution in [0.25, 0.3) is 0 Å². The highest BCUT2D eigenvalue weighted by molar-refractivity contribution is 7.14. The zero-order valence-electron chi connectivity index (χ0n) is 15.4. The highest BCUT2D eigenvalue weighted by atomic mass is 35.5. The first-order valence-corrected chi connectivity index (χ1v) is 9.76. The van der Waals surface area contributed by atoms with Gasteiger partial charge in [0.1, 0.15) is 6.61 Å². The van der Waals surface area contributed by atoms with Crippen molar-refractivity contribution < 1.29 is 27.5 Å². The number of esters is 1. The van der Waals surface area contributed by atoms with E-state index in [0.717, 1.165) is 24.3 Å². The number of carbonyl (C=O) groups excluding carboxylic acids is 2. The van der Waals surface area contributed by atoms with Crippen LogP contribution < -0.4 is 4.90 Å². The number of thiazole rings is 1. The van der Waals surface area contributed by atoms with E-state index in [0.29, 0.717) is 21.5 Å². The summed E-state index contributed by atoms with van der Waals surface area (Å²) in [6.45, 7) is 1.18. The van der Waals surface area contributed by atoms with E-state index in [-0.39, 0.29) is 18.1 Å². The lowest BCUT2D eigenvalue weighted by Gasteiger charge is -2.18. The third kappa shape index (κ3) is 5.17. The molecule has 0 aliphatic carbocycles. The van der Waals surface area contributed by atoms with E-state index in [2.05, 4.69) is 4.98 Å². The molecule has 0 bridgehead atoms. The van der Waals surface area contributed by atoms with Crippen LogP contribution in [0.15, 0.2) is 53.9 Å². The lowest BCUT2D eigenvalue weighted by Crippen LogP contribution is -2.22. The van der Waals surface area contributed by atoms with Gasteiger partial charge in [0.15, 0.2) is 5.13 Å². The molecule has 1 amide bonds. The average Bonchev–Trinajstić information content (AvgIpc) is 3.14. The number of benzene rings is 2. The van der Waals surface area contributed by atoms with Gasteiger partial charge in [0.25, 0.3) is 0 Å². The topological polar surface area (TPSA) is 59.5 Å². The van der Waals surface area contributed by atoms with Crippen molar-refractivity contribution in [3.63, 3.8) is 0 Å². The molecule has 1 aromatic heterocycles. The van der Waals surface area contributed by atoms with Crippen LogP contribution in [0, 0.1) is 0 Å². The van der Waals surface area contributed by atoms with Crippen molar-refractivity contribution in [2.24, 2.45) is 0 Å². The number of anilines is 2. The Kier molecular flexibility index (Phi) is 6.42. The molecule has 0 saturated carbocycles. The Labute approximate surface area is 178 Å². The number of nitrogens with zero attached hydrogens (tertiary/aromatic N) is 2. The predicted molar refractivity (Wildman–Crippen MR) is 107 cm³/mol. The second-order valence-electron chi connectivity index (χ2n) is 6.11. The van der Waals surface area contributed by atoms with Gasteiger partial charge < -0.3 is 4.74 Å². The monoisotopic (exact) mass is 454 g/mol. The summed E-state index contributed by atoms with van der Waals surface area (Å²) in [5.41, 5.74) is 0.0671. The third-order valence-corrected chi connectivity index (χ3v) is 5.02. The molecule has 0 unspecified atom stereocenters. The van der Waals surface area contributed by atoms with E-state index >= 15 is 0 Å². The Balaban J connectivity index is 1.69. The number of ether oxygens (including phenoxy) is 1. The number of carbonyl (C=O) groups is 2. The molecule has 0 radical (unpaired) electrons. The average molecular weight is 455 g/mol. The molecule has 0 fully saturated rings. The highest BCUT2D eigenvalue weighted by Gasteiger charge is 2.30. The standard InChI is InChI=1S/C20H14ClF3N2O3S/c1-12(27)26(17-4-2-3-15(21)9-17)19-25-16(11-30-19)10-29-18(28)13-5-7-14(8-6-13)20(22,23)24/h2-9,11H,10H2,1H3. The molecule has 156 valence electrons. The summed E-state index contributed by atoms with van der Waals surface area (Å²) in [6, 6.07) is 10.4. The molecular weight excluding hydrogens is 441 g/mol. The summed E-state index contributed by atoms with van der Waals surface area (Å²) in [5.74, 6) is -1.06. The van der Waals surface area contributed by atoms with Crippen LogP contribution in [-0.4, -0.2) is 16.9 Å². The maximum Gasteiger partial charge on any atom is 0.416 e. The van der Waals surface area contributed by atoms with Gasteiger partial charge in [-0.3, -0.25) is 9.69 Å². The summed E-state index contributed by atoms with van der Waals surface area (Å²) in [6.07, 6.45) is -4.48. The predicted octanol–water partition coefficient (Wildman–Crippen LogP) is 5.86. The zero-order valence-corrected chi connectivity index (χ0v) is 17.0. The van der Waals surface area contributed by atoms with Gasteiger partial charge in [-0.25, -0.2) is 9.78 Å². The van der Waals surface area contributed by atoms with E-state index in [1.165, 1.54) is 23.2 Å². The molecule has 0 spiro atoms. The molecule has 1 heterocycles. The number of hydrogen-bond donors (Lipinski definition) is 0. The number of rotatable bonds is 5. The highest BCUT2D eigenvalue weighted by Crippen LogP contribution is 2.31. The normalized spacial score (nSPS) is 11.2. The molecular formula is C20H14ClF3N2O3S. The Morgan fingerprint density at radius 2 is 1.87 bits per heavy atom. The quantitative estimate of drug-likeness (QED) is 0.453. The molecule has 3 rings (SSSR count). The van der Waals surface area contributed by atoms with E-state index < -0.39 is 17.7 Å². The van der Waals surface area contributed by atoms with Crippen molar-refractivity contribution in [1.82, 2.24) is 4.98 Å². The van der Waals surface area contributed by atoms with E-state index in [1.54, 1.807) is 29.6 Å². The van der Waals surface area contributed by atoms with Crippen LogP contribution in [0.2, 0.25) is 5.02 Å². The van der Waals surface area contributed by atoms with Crippen LogP contribution in [-0.2, 0) is 22.3 Å². The minimum absolute atomic E-state index is 0.0113. The Bertz CT molecular complexity index is 1070. The molecule has 3 aromatic rings. The van der Waals surface area contributed by atoms with Gasteiger partial charge in [0.05, 0.1) is 22.5 Å². The Morgan fingerprint density at radius 3 is 2.47 bits per heavy atom. The fourth-order valence-electron chi connectivity index (χ4n) is 2.53. The lowest BCUT2D eigenvalue weighted by molar-refractivity contribution is -0.137. The van der Waals surface area contributed by atoms with Crippen molar-refractivity contribution >= 4 is 45.6 Å². The van der Waals surface area contributed by atoms with Gasteiger partial charge in [-0.1, -0.05) is 17.7 Å². The van der Waals surface area contributed by atoms with Gasteiger partial charge in [-0.05, 0) is 42.5 Å². The summed E-state index contributed by atoms with van der Waals surface area (Å²) in [5, 5.41) is 2.45. The van der Waals surface area contributed by atoms with Gasteiger partial charge in [-0.15, -0.1) is 11.3 Å². The van der Waals surface area contributed by atoms with Crippen molar-refractivity contribution in [2.45, 2.75) is 19.7 Å². The molecule has 5 nitrogen and oxygen atoms in total. The summed E-state index contributed by atoms with van der Waals surface area (Å²) in [7, 11) is 0. The second kappa shape index (κ2) is 8.85. The van der Waals surface area contributed by atoms with Crippen LogP contribution in [0.1, 0.15) is 28.5 Å². The molecule has 0 saturated heterocycles. The number of aromatic nitrogens is 1. The number of alkyl halides is 3. The van der Waals surface area contributed by atoms with Gasteiger partial charge in [-0.2, -0.15) is 13.2 Å². The molecule has 0 atom stereocenters. The minimum Gasteiger partial charge on any atom is -0.456 e. The van der Waals surface area contributed by atoms with Crippen LogP contribution >= 0.6 is 22.9 Å². The minimum atomic E-state index is -4.48. The van der Waals surface area contributed by atoms with Crippen LogP contribution in [0.4, 0.5) is 24.0 Å². The van der Waals surface area contributed by atoms with Crippen molar-refractivity contribution in [3.05, 3.63) is 75.8 Å².